The Morgan fingerprint density at radius 1 is 0.388 bits per heavy atom. The van der Waals surface area contributed by atoms with Crippen LogP contribution in [-0.4, -0.2) is 66.0 Å². The Labute approximate surface area is 571 Å². The van der Waals surface area contributed by atoms with Gasteiger partial charge in [-0.3, -0.25) is 0 Å². The predicted octanol–water partition coefficient (Wildman–Crippen LogP) is 4.70. The van der Waals surface area contributed by atoms with Crippen LogP contribution in [0.25, 0.3) is 104 Å². The molecule has 20 nitrogen and oxygen atoms in total. The molecule has 4 aliphatic rings. The lowest BCUT2D eigenvalue weighted by Crippen LogP contribution is -2.56. The largest absolute Gasteiger partial charge is 0.435 e. The molecule has 98 heavy (non-hydrogen) atoms. The zero-order valence-corrected chi connectivity index (χ0v) is 57.2. The molecule has 16 heterocycles. The van der Waals surface area contributed by atoms with Crippen molar-refractivity contribution in [2.75, 3.05) is 19.5 Å². The van der Waals surface area contributed by atoms with Crippen molar-refractivity contribution in [2.24, 2.45) is 28.2 Å². The second-order valence-electron chi connectivity index (χ2n) is 25.6. The molecule has 4 aliphatic heterocycles. The van der Waals surface area contributed by atoms with Gasteiger partial charge in [0.25, 0.3) is 0 Å². The molecule has 12 aromatic heterocycles. The maximum atomic E-state index is 8.12. The fourth-order valence-electron chi connectivity index (χ4n) is 13.4. The van der Waals surface area contributed by atoms with Crippen molar-refractivity contribution in [1.29, 1.82) is 0 Å². The van der Waals surface area contributed by atoms with Crippen LogP contribution >= 0.6 is 0 Å². The molecule has 0 amide bonds. The molecule has 0 fully saturated rings. The molecule has 484 valence electrons. The van der Waals surface area contributed by atoms with Gasteiger partial charge in [0.1, 0.15) is 62.7 Å². The quantitative estimate of drug-likeness (QED) is 0.168. The van der Waals surface area contributed by atoms with Crippen molar-refractivity contribution >= 4 is 132 Å². The van der Waals surface area contributed by atoms with Gasteiger partial charge < -0.3 is 27.3 Å². The van der Waals surface area contributed by atoms with Crippen molar-refractivity contribution in [3.8, 4) is 11.4 Å². The van der Waals surface area contributed by atoms with Gasteiger partial charge in [0.15, 0.2) is 21.7 Å². The van der Waals surface area contributed by atoms with Crippen molar-refractivity contribution < 1.29 is 40.3 Å². The lowest BCUT2D eigenvalue weighted by atomic mass is 9.61. The van der Waals surface area contributed by atoms with E-state index in [-0.39, 0.29) is 33.2 Å². The summed E-state index contributed by atoms with van der Waals surface area (Å²) < 4.78 is 60.3. The Morgan fingerprint density at radius 3 is 1.05 bits per heavy atom. The third-order valence-electron chi connectivity index (χ3n) is 18.7. The van der Waals surface area contributed by atoms with Crippen LogP contribution in [0.3, 0.4) is 0 Å². The maximum Gasteiger partial charge on any atom is 0.425 e. The van der Waals surface area contributed by atoms with E-state index in [1.807, 2.05) is 184 Å². The molecule has 0 spiro atoms. The van der Waals surface area contributed by atoms with Crippen molar-refractivity contribution in [3.05, 3.63) is 235 Å². The number of aryl methyl sites for hydroxylation is 6. The van der Waals surface area contributed by atoms with Gasteiger partial charge in [-0.25, -0.2) is 48.0 Å². The predicted molar refractivity (Wildman–Crippen MR) is 390 cm³/mol. The smallest absolute Gasteiger partial charge is 0.425 e. The number of anilines is 2. The monoisotopic (exact) mass is 1300 g/mol. The summed E-state index contributed by atoms with van der Waals surface area (Å²) in [6, 6.07) is 40.3. The number of furan rings is 4. The van der Waals surface area contributed by atoms with Gasteiger partial charge in [-0.05, 0) is 128 Å². The van der Waals surface area contributed by atoms with E-state index in [0.717, 1.165) is 110 Å². The lowest BCUT2D eigenvalue weighted by Gasteiger charge is -2.18. The highest BCUT2D eigenvalue weighted by Gasteiger charge is 2.34. The zero-order valence-electron chi connectivity index (χ0n) is 60.2. The van der Waals surface area contributed by atoms with Crippen LogP contribution in [0.1, 0.15) is 38.5 Å². The highest BCUT2D eigenvalue weighted by molar-refractivity contribution is 6.78. The van der Waals surface area contributed by atoms with E-state index in [1.165, 1.54) is 0 Å². The number of fused-ring (bicyclic) bond motifs is 12. The lowest BCUT2D eigenvalue weighted by molar-refractivity contribution is -0.750. The van der Waals surface area contributed by atoms with Crippen molar-refractivity contribution in [1.82, 2.24) is 38.7 Å². The van der Waals surface area contributed by atoms with E-state index in [1.54, 1.807) is 16.2 Å². The highest BCUT2D eigenvalue weighted by atomic mass is 16.3. The SMILES string of the molecule is CB1C=c2c(oc3nc(C)ccc23)=CN1c1cn(-c2ccccc2)c(C)[n+]1C.CB1C=c2c(oc3nc(C)ccc23)=CN1n1ccc[n+]1C.CB1C=c2c(oc3nc(C)ccc23)=CN1n1ccc[n+]1C.[2H]C([2H])([2H])c1n(-c2ccccc2)cc(N2C=c3oc4nc(C)ccc4c3=CB2C)[n+]1C. The van der Waals surface area contributed by atoms with Gasteiger partial charge in [-0.1, -0.05) is 69.9 Å². The molecule has 18 rings (SSSR count). The number of hydrogen-bond acceptors (Lipinski definition) is 12. The van der Waals surface area contributed by atoms with Gasteiger partial charge in [0.2, 0.25) is 46.1 Å². The van der Waals surface area contributed by atoms with E-state index in [2.05, 4.69) is 173 Å². The van der Waals surface area contributed by atoms with Gasteiger partial charge >= 0.3 is 27.4 Å². The number of imidazole rings is 2. The number of rotatable bonds is 6. The van der Waals surface area contributed by atoms with E-state index >= 15 is 0 Å². The van der Waals surface area contributed by atoms with Gasteiger partial charge in [0, 0.05) is 95.2 Å². The highest BCUT2D eigenvalue weighted by Crippen LogP contribution is 2.23. The van der Waals surface area contributed by atoms with Gasteiger partial charge in [-0.2, -0.15) is 9.36 Å². The Kier molecular flexibility index (Phi) is 15.0. The minimum Gasteiger partial charge on any atom is -0.435 e. The summed E-state index contributed by atoms with van der Waals surface area (Å²) in [6.07, 6.45) is 20.2. The van der Waals surface area contributed by atoms with Crippen LogP contribution < -0.4 is 80.5 Å². The summed E-state index contributed by atoms with van der Waals surface area (Å²) in [5.74, 6) is 12.1. The van der Waals surface area contributed by atoms with E-state index in [4.69, 9.17) is 21.8 Å². The van der Waals surface area contributed by atoms with Crippen LogP contribution in [0.4, 0.5) is 11.6 Å². The number of para-hydroxylation sites is 2. The molecule has 0 bridgehead atoms. The second-order valence-corrected chi connectivity index (χ2v) is 25.6. The average Bonchev–Trinajstić information content (AvgIpc) is 1.62. The Balaban J connectivity index is 0.000000111. The topological polar surface area (TPSA) is 152 Å². The fourth-order valence-corrected chi connectivity index (χ4v) is 13.4. The molecule has 0 unspecified atom stereocenters. The molecule has 0 saturated heterocycles. The summed E-state index contributed by atoms with van der Waals surface area (Å²) in [6.45, 7) is 17.0. The standard InChI is InChI=1S/2C22H22BN4O.2C15H16BN4O/c2*1-15-10-11-18-19-12-23(3)27(13-20(19)28-22(18)24-15)21-14-26(16(2)25(21)4)17-8-6-5-7-9-17;2*1-11-5-6-12-13-9-16(2)19(20-8-4-7-18(20)3)10-14(13)21-15(12)17-11/h2*5-14H,1-4H3;2*4-10H,1-3H3/q4*+1/i2D3;;;. The van der Waals surface area contributed by atoms with Crippen molar-refractivity contribution in [2.45, 2.75) is 68.8 Å². The summed E-state index contributed by atoms with van der Waals surface area (Å²) >= 11 is 0. The first-order valence-corrected chi connectivity index (χ1v) is 32.9. The van der Waals surface area contributed by atoms with E-state index < -0.39 is 6.85 Å². The number of aromatic nitrogens is 12. The number of nitrogens with zero attached hydrogens (tertiary/aromatic N) is 16. The molecule has 14 aromatic rings. The number of benzene rings is 2. The summed E-state index contributed by atoms with van der Waals surface area (Å²) in [5, 5.41) is 8.64. The molecule has 0 aliphatic carbocycles. The third-order valence-corrected chi connectivity index (χ3v) is 18.7. The average molecular weight is 1300 g/mol. The molecular weight excluding hydrogens is 1220 g/mol. The van der Waals surface area contributed by atoms with Gasteiger partial charge in [0.05, 0.1) is 38.9 Å². The van der Waals surface area contributed by atoms with Gasteiger partial charge in [-0.15, -0.1) is 0 Å². The van der Waals surface area contributed by atoms with E-state index in [0.29, 0.717) is 28.3 Å². The molecule has 2 aromatic carbocycles. The Hall–Kier alpha value is -11.5. The van der Waals surface area contributed by atoms with Crippen molar-refractivity contribution in [3.63, 3.8) is 0 Å². The summed E-state index contributed by atoms with van der Waals surface area (Å²) in [7, 11) is 7.92. The summed E-state index contributed by atoms with van der Waals surface area (Å²) in [5.41, 5.74) is 11.8. The second kappa shape index (κ2) is 24.9. The molecule has 0 saturated carbocycles. The number of pyridine rings is 4. The van der Waals surface area contributed by atoms with Crippen LogP contribution in [0, 0.1) is 41.5 Å². The zero-order chi connectivity index (χ0) is 70.4. The Bertz CT molecular complexity index is 5980. The molecule has 0 N–H and O–H groups in total. The minimum absolute atomic E-state index is 0.00289. The number of hydrogen-bond donors (Lipinski definition) is 0. The fraction of sp³-hybridized carbons (Fsp3) is 0.189. The first-order chi connectivity index (χ1) is 48.5. The third kappa shape index (κ3) is 11.3. The molecular formula is C74H76B4N16O4+4. The molecule has 0 radical (unpaired) electrons. The minimum atomic E-state index is -2.28. The van der Waals surface area contributed by atoms with Crippen LogP contribution in [-0.2, 0) is 28.2 Å². The Morgan fingerprint density at radius 2 is 0.714 bits per heavy atom. The van der Waals surface area contributed by atoms with E-state index in [9.17, 15) is 0 Å². The van der Waals surface area contributed by atoms with Crippen LogP contribution in [0.5, 0.6) is 0 Å². The first kappa shape index (κ1) is 59.0. The first-order valence-electron chi connectivity index (χ1n) is 34.4. The normalized spacial score (nSPS) is 14.3. The summed E-state index contributed by atoms with van der Waals surface area (Å²) in [4.78, 5) is 30.7. The molecule has 24 heteroatoms. The van der Waals surface area contributed by atoms with Crippen LogP contribution in [0.15, 0.2) is 176 Å². The maximum absolute atomic E-state index is 8.12. The van der Waals surface area contributed by atoms with Crippen LogP contribution in [0.2, 0.25) is 27.3 Å². The molecule has 0 atom stereocenters.